The van der Waals surface area contributed by atoms with Crippen LogP contribution in [0, 0.1) is 0 Å². The monoisotopic (exact) mass is 440 g/mol. The third-order valence-electron chi connectivity index (χ3n) is 5.91. The minimum atomic E-state index is -0.184. The van der Waals surface area contributed by atoms with Gasteiger partial charge in [0.05, 0.1) is 24.4 Å². The van der Waals surface area contributed by atoms with Gasteiger partial charge in [-0.3, -0.25) is 14.6 Å². The highest BCUT2D eigenvalue weighted by molar-refractivity contribution is 6.16. The number of aromatic nitrogens is 3. The summed E-state index contributed by atoms with van der Waals surface area (Å²) >= 11 is 0. The molecule has 8 nitrogen and oxygen atoms in total. The number of piperazine rings is 1. The van der Waals surface area contributed by atoms with Crippen molar-refractivity contribution < 1.29 is 9.59 Å². The summed E-state index contributed by atoms with van der Waals surface area (Å²) in [5, 5.41) is 0. The first kappa shape index (κ1) is 20.8. The minimum Gasteiger partial charge on any atom is -0.368 e. The lowest BCUT2D eigenvalue weighted by Crippen LogP contribution is -2.47. The fraction of sp³-hybridized carbons (Fsp3) is 0.240. The Morgan fingerprint density at radius 1 is 0.848 bits per heavy atom. The molecule has 0 saturated carbocycles. The Hall–Kier alpha value is -4.07. The quantitative estimate of drug-likeness (QED) is 0.445. The molecule has 2 saturated heterocycles. The number of benzene rings is 1. The van der Waals surface area contributed by atoms with Gasteiger partial charge in [-0.1, -0.05) is 30.3 Å². The fourth-order valence-electron chi connectivity index (χ4n) is 4.16. The fourth-order valence-corrected chi connectivity index (χ4v) is 4.16. The maximum atomic E-state index is 12.6. The average Bonchev–Trinajstić information content (AvgIpc) is 3.12. The zero-order valence-electron chi connectivity index (χ0n) is 18.2. The number of ketones is 1. The van der Waals surface area contributed by atoms with Gasteiger partial charge in [-0.05, 0) is 29.8 Å². The molecule has 5 rings (SSSR count). The van der Waals surface area contributed by atoms with E-state index in [1.165, 1.54) is 0 Å². The second-order valence-electron chi connectivity index (χ2n) is 8.06. The topological polar surface area (TPSA) is 82.5 Å². The molecule has 0 unspecified atom stereocenters. The smallest absolute Gasteiger partial charge is 0.235 e. The Kier molecular flexibility index (Phi) is 5.80. The molecule has 1 aromatic carbocycles. The van der Waals surface area contributed by atoms with Crippen molar-refractivity contribution in [2.45, 2.75) is 13.0 Å². The van der Waals surface area contributed by atoms with Gasteiger partial charge in [0, 0.05) is 50.5 Å². The molecule has 166 valence electrons. The average molecular weight is 441 g/mol. The number of carbonyl (C=O) groups is 2. The zero-order valence-corrected chi connectivity index (χ0v) is 18.2. The molecule has 0 spiro atoms. The first-order valence-corrected chi connectivity index (χ1v) is 11.0. The van der Waals surface area contributed by atoms with Crippen LogP contribution in [0.5, 0.6) is 0 Å². The first-order valence-electron chi connectivity index (χ1n) is 11.0. The largest absolute Gasteiger partial charge is 0.368 e. The maximum absolute atomic E-state index is 12.6. The molecule has 2 aliphatic rings. The van der Waals surface area contributed by atoms with E-state index in [1.54, 1.807) is 35.6 Å². The van der Waals surface area contributed by atoms with Gasteiger partial charge < -0.3 is 14.7 Å². The van der Waals surface area contributed by atoms with E-state index >= 15 is 0 Å². The summed E-state index contributed by atoms with van der Waals surface area (Å²) in [6.45, 7) is 3.67. The molecule has 0 atom stereocenters. The number of amides is 1. The Balaban J connectivity index is 1.32. The van der Waals surface area contributed by atoms with Crippen molar-refractivity contribution in [1.29, 1.82) is 0 Å². The van der Waals surface area contributed by atoms with E-state index in [9.17, 15) is 9.59 Å². The lowest BCUT2D eigenvalue weighted by atomic mass is 10.2. The summed E-state index contributed by atoms with van der Waals surface area (Å²) < 4.78 is 0. The van der Waals surface area contributed by atoms with Crippen molar-refractivity contribution in [2.24, 2.45) is 0 Å². The molecule has 0 aliphatic carbocycles. The van der Waals surface area contributed by atoms with Crippen molar-refractivity contribution in [2.75, 3.05) is 36.0 Å². The molecule has 1 amide bonds. The number of Topliss-reactive ketones (excluding diaryl/α,β-unsaturated/α-hetero) is 1. The summed E-state index contributed by atoms with van der Waals surface area (Å²) in [4.78, 5) is 44.2. The third-order valence-corrected chi connectivity index (χ3v) is 5.91. The molecule has 0 N–H and O–H groups in total. The van der Waals surface area contributed by atoms with Crippen LogP contribution in [-0.2, 0) is 16.1 Å². The molecular formula is C25H24N6O2. The van der Waals surface area contributed by atoms with Gasteiger partial charge in [0.15, 0.2) is 5.78 Å². The lowest BCUT2D eigenvalue weighted by Gasteiger charge is -2.36. The number of nitrogens with zero attached hydrogens (tertiary/aromatic N) is 6. The normalized spacial score (nSPS) is 17.8. The zero-order chi connectivity index (χ0) is 22.6. The van der Waals surface area contributed by atoms with Gasteiger partial charge >= 0.3 is 0 Å². The Labute approximate surface area is 192 Å². The van der Waals surface area contributed by atoms with Gasteiger partial charge in [-0.15, -0.1) is 0 Å². The standard InChI is InChI=1S/C25H24N6O2/c32-23-17-24(33)31(18-19-4-2-1-3-5-19)22(23)16-20-6-11-27-25(28-20)30-14-12-29(13-15-30)21-7-9-26-10-8-21/h1-11,16H,12-15,17-18H2/b22-16-. The van der Waals surface area contributed by atoms with Crippen molar-refractivity contribution >= 4 is 29.4 Å². The number of anilines is 2. The summed E-state index contributed by atoms with van der Waals surface area (Å²) in [5.41, 5.74) is 3.14. The van der Waals surface area contributed by atoms with E-state index in [-0.39, 0.29) is 18.1 Å². The number of hydrogen-bond acceptors (Lipinski definition) is 7. The first-order chi connectivity index (χ1) is 16.2. The highest BCUT2D eigenvalue weighted by Crippen LogP contribution is 2.24. The minimum absolute atomic E-state index is 0.104. The van der Waals surface area contributed by atoms with Crippen LogP contribution in [0.4, 0.5) is 11.6 Å². The van der Waals surface area contributed by atoms with Gasteiger partial charge in [0.1, 0.15) is 0 Å². The van der Waals surface area contributed by atoms with E-state index < -0.39 is 0 Å². The van der Waals surface area contributed by atoms with E-state index in [1.807, 2.05) is 42.5 Å². The van der Waals surface area contributed by atoms with Crippen LogP contribution in [0.2, 0.25) is 0 Å². The van der Waals surface area contributed by atoms with Crippen LogP contribution in [0.15, 0.2) is 72.8 Å². The van der Waals surface area contributed by atoms with Crippen LogP contribution in [0.3, 0.4) is 0 Å². The molecule has 3 aromatic rings. The van der Waals surface area contributed by atoms with Crippen molar-refractivity contribution in [3.63, 3.8) is 0 Å². The number of pyridine rings is 1. The molecule has 4 heterocycles. The SMILES string of the molecule is O=C1CC(=O)N(Cc2ccccc2)/C1=C\c1ccnc(N2CCN(c3ccncc3)CC2)n1. The Morgan fingerprint density at radius 2 is 1.58 bits per heavy atom. The van der Waals surface area contributed by atoms with E-state index in [4.69, 9.17) is 0 Å². The highest BCUT2D eigenvalue weighted by Gasteiger charge is 2.33. The Bertz CT molecular complexity index is 1170. The summed E-state index contributed by atoms with van der Waals surface area (Å²) in [6.07, 6.45) is 6.91. The van der Waals surface area contributed by atoms with Crippen molar-refractivity contribution in [1.82, 2.24) is 19.9 Å². The summed E-state index contributed by atoms with van der Waals surface area (Å²) in [7, 11) is 0. The van der Waals surface area contributed by atoms with Gasteiger partial charge in [-0.25, -0.2) is 9.97 Å². The third kappa shape index (κ3) is 4.59. The molecule has 2 fully saturated rings. The van der Waals surface area contributed by atoms with Crippen LogP contribution in [0.1, 0.15) is 17.7 Å². The number of likely N-dealkylation sites (tertiary alicyclic amines) is 1. The van der Waals surface area contributed by atoms with Crippen molar-refractivity contribution in [3.05, 3.63) is 84.1 Å². The van der Waals surface area contributed by atoms with Gasteiger partial charge in [-0.2, -0.15) is 0 Å². The van der Waals surface area contributed by atoms with Crippen LogP contribution in [-0.4, -0.2) is 57.7 Å². The predicted octanol–water partition coefficient (Wildman–Crippen LogP) is 2.54. The molecular weight excluding hydrogens is 416 g/mol. The number of rotatable bonds is 5. The second-order valence-corrected chi connectivity index (χ2v) is 8.06. The number of allylic oxidation sites excluding steroid dienone is 1. The van der Waals surface area contributed by atoms with Crippen LogP contribution in [0.25, 0.3) is 6.08 Å². The number of carbonyl (C=O) groups excluding carboxylic acids is 2. The Morgan fingerprint density at radius 3 is 2.33 bits per heavy atom. The van der Waals surface area contributed by atoms with Crippen LogP contribution < -0.4 is 9.80 Å². The molecule has 33 heavy (non-hydrogen) atoms. The number of hydrogen-bond donors (Lipinski definition) is 0. The van der Waals surface area contributed by atoms with Crippen molar-refractivity contribution in [3.8, 4) is 0 Å². The highest BCUT2D eigenvalue weighted by atomic mass is 16.2. The molecule has 2 aliphatic heterocycles. The molecule has 8 heteroatoms. The lowest BCUT2D eigenvalue weighted by molar-refractivity contribution is -0.127. The van der Waals surface area contributed by atoms with E-state index in [0.717, 1.165) is 37.4 Å². The van der Waals surface area contributed by atoms with E-state index in [2.05, 4.69) is 24.8 Å². The maximum Gasteiger partial charge on any atom is 0.235 e. The molecule has 2 aromatic heterocycles. The molecule has 0 radical (unpaired) electrons. The van der Waals surface area contributed by atoms with Crippen LogP contribution >= 0.6 is 0 Å². The summed E-state index contributed by atoms with van der Waals surface area (Å²) in [5.74, 6) is 0.267. The van der Waals surface area contributed by atoms with E-state index in [0.29, 0.717) is 23.9 Å². The van der Waals surface area contributed by atoms with Gasteiger partial charge in [0.25, 0.3) is 0 Å². The predicted molar refractivity (Wildman–Crippen MR) is 125 cm³/mol. The molecule has 0 bridgehead atoms. The van der Waals surface area contributed by atoms with Gasteiger partial charge in [0.2, 0.25) is 11.9 Å². The summed E-state index contributed by atoms with van der Waals surface area (Å²) in [6, 6.07) is 15.5. The second kappa shape index (κ2) is 9.20.